The molecule has 178 valence electrons. The van der Waals surface area contributed by atoms with Gasteiger partial charge in [0, 0.05) is 12.3 Å². The minimum Gasteiger partial charge on any atom is -0.410 e. The summed E-state index contributed by atoms with van der Waals surface area (Å²) in [5.74, 6) is 1.10. The van der Waals surface area contributed by atoms with Crippen molar-refractivity contribution in [1.82, 2.24) is 15.0 Å². The number of rotatable bonds is 5. The van der Waals surface area contributed by atoms with Gasteiger partial charge in [-0.1, -0.05) is 60.1 Å². The molecule has 0 bridgehead atoms. The molecule has 5 rings (SSSR count). The van der Waals surface area contributed by atoms with Crippen molar-refractivity contribution in [2.24, 2.45) is 0 Å². The number of amides is 1. The van der Waals surface area contributed by atoms with Gasteiger partial charge in [-0.3, -0.25) is 0 Å². The van der Waals surface area contributed by atoms with Gasteiger partial charge in [-0.25, -0.2) is 19.7 Å². The van der Waals surface area contributed by atoms with Crippen molar-refractivity contribution in [2.45, 2.75) is 13.8 Å². The molecule has 0 saturated heterocycles. The zero-order valence-electron chi connectivity index (χ0n) is 19.6. The Morgan fingerprint density at radius 3 is 2.42 bits per heavy atom. The van der Waals surface area contributed by atoms with Crippen LogP contribution in [0.1, 0.15) is 11.1 Å². The summed E-state index contributed by atoms with van der Waals surface area (Å²) in [6, 6.07) is 24.4. The molecular weight excluding hydrogens is 474 g/mol. The lowest BCUT2D eigenvalue weighted by Gasteiger charge is -2.25. The van der Waals surface area contributed by atoms with Crippen molar-refractivity contribution < 1.29 is 9.53 Å². The van der Waals surface area contributed by atoms with Crippen LogP contribution in [0.25, 0.3) is 10.8 Å². The molecule has 0 aliphatic carbocycles. The molecular formula is C28H22ClN5O2. The van der Waals surface area contributed by atoms with Crippen LogP contribution in [-0.4, -0.2) is 21.0 Å². The average Bonchev–Trinajstić information content (AvgIpc) is 2.88. The fourth-order valence-corrected chi connectivity index (χ4v) is 4.06. The number of hydrogen-bond donors (Lipinski definition) is 1. The second-order valence-corrected chi connectivity index (χ2v) is 8.57. The summed E-state index contributed by atoms with van der Waals surface area (Å²) in [5, 5.41) is 5.52. The van der Waals surface area contributed by atoms with E-state index < -0.39 is 6.09 Å². The molecule has 36 heavy (non-hydrogen) atoms. The normalized spacial score (nSPS) is 10.8. The highest BCUT2D eigenvalue weighted by molar-refractivity contribution is 6.29. The molecule has 2 aromatic heterocycles. The van der Waals surface area contributed by atoms with Gasteiger partial charge in [0.1, 0.15) is 16.7 Å². The molecule has 0 unspecified atom stereocenters. The van der Waals surface area contributed by atoms with E-state index in [4.69, 9.17) is 16.3 Å². The first-order valence-electron chi connectivity index (χ1n) is 11.3. The standard InChI is InChI=1S/C28H22ClN5O2/c1-18-6-5-7-19(2)26(18)34(28(35)36-23-12-10-20-8-3-4-9-21(20)16-23)25-14-15-30-27(33-25)32-22-11-13-24(29)31-17-22/h3-17H,1-2H3,(H,30,32,33). The third-order valence-electron chi connectivity index (χ3n) is 5.63. The third-order valence-corrected chi connectivity index (χ3v) is 5.85. The summed E-state index contributed by atoms with van der Waals surface area (Å²) >= 11 is 5.88. The highest BCUT2D eigenvalue weighted by atomic mass is 35.5. The van der Waals surface area contributed by atoms with Gasteiger partial charge in [0.15, 0.2) is 0 Å². The Labute approximate surface area is 213 Å². The predicted molar refractivity (Wildman–Crippen MR) is 143 cm³/mol. The smallest absolute Gasteiger partial charge is 0.410 e. The van der Waals surface area contributed by atoms with Gasteiger partial charge in [0.2, 0.25) is 5.95 Å². The molecule has 7 nitrogen and oxygen atoms in total. The van der Waals surface area contributed by atoms with Crippen molar-refractivity contribution in [3.63, 3.8) is 0 Å². The molecule has 1 amide bonds. The SMILES string of the molecule is Cc1cccc(C)c1N(C(=O)Oc1ccc2ccccc2c1)c1ccnc(Nc2ccc(Cl)nc2)n1. The number of aromatic nitrogens is 3. The van der Waals surface area contributed by atoms with Crippen LogP contribution in [0.5, 0.6) is 5.75 Å². The summed E-state index contributed by atoms with van der Waals surface area (Å²) in [5.41, 5.74) is 3.16. The number of nitrogens with zero attached hydrogens (tertiary/aromatic N) is 4. The minimum absolute atomic E-state index is 0.298. The number of carbonyl (C=O) groups excluding carboxylic acids is 1. The van der Waals surface area contributed by atoms with Gasteiger partial charge < -0.3 is 10.1 Å². The Bertz CT molecular complexity index is 1540. The zero-order chi connectivity index (χ0) is 25.1. The lowest BCUT2D eigenvalue weighted by atomic mass is 10.1. The third kappa shape index (κ3) is 4.96. The van der Waals surface area contributed by atoms with Gasteiger partial charge in [0.25, 0.3) is 0 Å². The van der Waals surface area contributed by atoms with E-state index in [1.54, 1.807) is 36.7 Å². The number of fused-ring (bicyclic) bond motifs is 1. The average molecular weight is 496 g/mol. The van der Waals surface area contributed by atoms with Gasteiger partial charge in [0.05, 0.1) is 17.6 Å². The molecule has 0 radical (unpaired) electrons. The topological polar surface area (TPSA) is 80.2 Å². The predicted octanol–water partition coefficient (Wildman–Crippen LogP) is 7.38. The fourth-order valence-electron chi connectivity index (χ4n) is 3.95. The maximum absolute atomic E-state index is 13.7. The van der Waals surface area contributed by atoms with Crippen molar-refractivity contribution in [3.8, 4) is 5.75 Å². The first-order valence-corrected chi connectivity index (χ1v) is 11.6. The van der Waals surface area contributed by atoms with Crippen LogP contribution in [0.4, 0.5) is 27.9 Å². The van der Waals surface area contributed by atoms with E-state index in [9.17, 15) is 4.79 Å². The number of anilines is 4. The molecule has 3 aromatic carbocycles. The van der Waals surface area contributed by atoms with Crippen LogP contribution in [0, 0.1) is 13.8 Å². The number of nitrogens with one attached hydrogen (secondary N) is 1. The number of halogens is 1. The molecule has 0 atom stereocenters. The second-order valence-electron chi connectivity index (χ2n) is 8.19. The molecule has 2 heterocycles. The van der Waals surface area contributed by atoms with E-state index in [0.29, 0.717) is 34.0 Å². The van der Waals surface area contributed by atoms with Crippen LogP contribution >= 0.6 is 11.6 Å². The molecule has 0 spiro atoms. The molecule has 0 aliphatic heterocycles. The molecule has 0 aliphatic rings. The van der Waals surface area contributed by atoms with E-state index in [1.165, 1.54) is 4.90 Å². The Balaban J connectivity index is 1.52. The molecule has 5 aromatic rings. The molecule has 1 N–H and O–H groups in total. The number of benzene rings is 3. The Hall–Kier alpha value is -4.49. The quantitative estimate of drug-likeness (QED) is 0.256. The van der Waals surface area contributed by atoms with Crippen LogP contribution in [0.2, 0.25) is 5.15 Å². The summed E-state index contributed by atoms with van der Waals surface area (Å²) in [4.78, 5) is 28.1. The van der Waals surface area contributed by atoms with Gasteiger partial charge in [-0.05, 0) is 60.0 Å². The van der Waals surface area contributed by atoms with Gasteiger partial charge >= 0.3 is 6.09 Å². The summed E-state index contributed by atoms with van der Waals surface area (Å²) in [6.45, 7) is 3.89. The van der Waals surface area contributed by atoms with Crippen molar-refractivity contribution in [2.75, 3.05) is 10.2 Å². The fraction of sp³-hybridized carbons (Fsp3) is 0.0714. The first kappa shape index (κ1) is 23.3. The monoisotopic (exact) mass is 495 g/mol. The van der Waals surface area contributed by atoms with E-state index in [1.807, 2.05) is 68.4 Å². The van der Waals surface area contributed by atoms with Crippen LogP contribution in [0.15, 0.2) is 91.3 Å². The van der Waals surface area contributed by atoms with Crippen LogP contribution in [0.3, 0.4) is 0 Å². The van der Waals surface area contributed by atoms with Crippen LogP contribution in [-0.2, 0) is 0 Å². The number of hydrogen-bond acceptors (Lipinski definition) is 6. The maximum atomic E-state index is 13.7. The van der Waals surface area contributed by atoms with E-state index >= 15 is 0 Å². The molecule has 0 saturated carbocycles. The highest BCUT2D eigenvalue weighted by Gasteiger charge is 2.25. The number of para-hydroxylation sites is 1. The summed E-state index contributed by atoms with van der Waals surface area (Å²) in [6.07, 6.45) is 2.58. The molecule has 0 fully saturated rings. The maximum Gasteiger partial charge on any atom is 0.425 e. The lowest BCUT2D eigenvalue weighted by molar-refractivity contribution is 0.210. The lowest BCUT2D eigenvalue weighted by Crippen LogP contribution is -2.31. The second kappa shape index (κ2) is 10.0. The van der Waals surface area contributed by atoms with E-state index in [-0.39, 0.29) is 0 Å². The number of ether oxygens (including phenoxy) is 1. The van der Waals surface area contributed by atoms with E-state index in [2.05, 4.69) is 20.3 Å². The largest absolute Gasteiger partial charge is 0.425 e. The van der Waals surface area contributed by atoms with Crippen molar-refractivity contribution in [1.29, 1.82) is 0 Å². The number of carbonyl (C=O) groups is 1. The number of aryl methyl sites for hydroxylation is 2. The van der Waals surface area contributed by atoms with Crippen LogP contribution < -0.4 is 15.0 Å². The van der Waals surface area contributed by atoms with Crippen molar-refractivity contribution in [3.05, 3.63) is 108 Å². The highest BCUT2D eigenvalue weighted by Crippen LogP contribution is 2.32. The Morgan fingerprint density at radius 1 is 0.889 bits per heavy atom. The Morgan fingerprint density at radius 2 is 1.67 bits per heavy atom. The van der Waals surface area contributed by atoms with Gasteiger partial charge in [-0.2, -0.15) is 4.98 Å². The zero-order valence-corrected chi connectivity index (χ0v) is 20.4. The number of pyridine rings is 1. The minimum atomic E-state index is -0.583. The molecule has 8 heteroatoms. The van der Waals surface area contributed by atoms with Crippen molar-refractivity contribution >= 4 is 51.6 Å². The summed E-state index contributed by atoms with van der Waals surface area (Å²) < 4.78 is 5.86. The van der Waals surface area contributed by atoms with Gasteiger partial charge in [-0.15, -0.1) is 0 Å². The summed E-state index contributed by atoms with van der Waals surface area (Å²) in [7, 11) is 0. The van der Waals surface area contributed by atoms with E-state index in [0.717, 1.165) is 21.9 Å². The first-order chi connectivity index (χ1) is 17.5. The Kier molecular flexibility index (Phi) is 6.47.